The molecule has 2 amide bonds. The molecule has 2 aliphatic rings. The first-order chi connectivity index (χ1) is 14.1. The van der Waals surface area contributed by atoms with Crippen molar-refractivity contribution in [2.45, 2.75) is 48.9 Å². The van der Waals surface area contributed by atoms with E-state index in [1.165, 1.54) is 22.9 Å². The maximum absolute atomic E-state index is 12.5. The fourth-order valence-electron chi connectivity index (χ4n) is 3.99. The number of rotatable bonds is 5. The summed E-state index contributed by atoms with van der Waals surface area (Å²) in [5.41, 5.74) is 3.46. The van der Waals surface area contributed by atoms with E-state index >= 15 is 0 Å². The maximum Gasteiger partial charge on any atom is 0.238 e. The van der Waals surface area contributed by atoms with Crippen LogP contribution in [0.4, 0.5) is 5.69 Å². The number of benzene rings is 2. The van der Waals surface area contributed by atoms with Crippen LogP contribution in [0.25, 0.3) is 0 Å². The predicted molar refractivity (Wildman–Crippen MR) is 117 cm³/mol. The van der Waals surface area contributed by atoms with Crippen LogP contribution in [0.3, 0.4) is 0 Å². The number of hydrogen-bond donors (Lipinski definition) is 2. The molecule has 6 heteroatoms. The van der Waals surface area contributed by atoms with E-state index < -0.39 is 0 Å². The van der Waals surface area contributed by atoms with Gasteiger partial charge >= 0.3 is 0 Å². The SMILES string of the molecule is Cc1cccc(CN2CCC(NC(=O)CC3Sc4ccccc4NC3=O)CC2)c1. The summed E-state index contributed by atoms with van der Waals surface area (Å²) in [6.07, 6.45) is 2.11. The molecule has 2 N–H and O–H groups in total. The number of carbonyl (C=O) groups excluding carboxylic acids is 2. The Kier molecular flexibility index (Phi) is 6.21. The molecule has 0 radical (unpaired) electrons. The molecule has 29 heavy (non-hydrogen) atoms. The number of anilines is 1. The first kappa shape index (κ1) is 20.0. The number of nitrogens with one attached hydrogen (secondary N) is 2. The first-order valence-electron chi connectivity index (χ1n) is 10.2. The number of aryl methyl sites for hydroxylation is 1. The third-order valence-electron chi connectivity index (χ3n) is 5.52. The summed E-state index contributed by atoms with van der Waals surface area (Å²) in [5.74, 6) is -0.119. The van der Waals surface area contributed by atoms with Gasteiger partial charge in [0.05, 0.1) is 10.9 Å². The quantitative estimate of drug-likeness (QED) is 0.792. The van der Waals surface area contributed by atoms with Crippen LogP contribution in [0.15, 0.2) is 53.4 Å². The second-order valence-corrected chi connectivity index (χ2v) is 9.15. The second-order valence-electron chi connectivity index (χ2n) is 7.90. The summed E-state index contributed by atoms with van der Waals surface area (Å²) in [5, 5.41) is 5.68. The highest BCUT2D eigenvalue weighted by Crippen LogP contribution is 2.36. The van der Waals surface area contributed by atoms with Crippen molar-refractivity contribution >= 4 is 29.3 Å². The van der Waals surface area contributed by atoms with Crippen LogP contribution < -0.4 is 10.6 Å². The molecule has 2 aromatic carbocycles. The third-order valence-corrected chi connectivity index (χ3v) is 6.79. The Bertz CT molecular complexity index is 893. The summed E-state index contributed by atoms with van der Waals surface area (Å²) in [4.78, 5) is 28.3. The van der Waals surface area contributed by atoms with Gasteiger partial charge in [0, 0.05) is 37.0 Å². The molecule has 1 saturated heterocycles. The number of likely N-dealkylation sites (tertiary alicyclic amines) is 1. The maximum atomic E-state index is 12.5. The van der Waals surface area contributed by atoms with Crippen LogP contribution in [-0.2, 0) is 16.1 Å². The van der Waals surface area contributed by atoms with E-state index in [1.807, 2.05) is 24.3 Å². The lowest BCUT2D eigenvalue weighted by Gasteiger charge is -2.32. The molecular formula is C23H27N3O2S. The zero-order valence-corrected chi connectivity index (χ0v) is 17.5. The monoisotopic (exact) mass is 409 g/mol. The Labute approximate surface area is 176 Å². The highest BCUT2D eigenvalue weighted by atomic mass is 32.2. The molecule has 0 spiro atoms. The molecule has 0 saturated carbocycles. The standard InChI is InChI=1S/C23H27N3O2S/c1-16-5-4-6-17(13-16)15-26-11-9-18(10-12-26)24-22(27)14-21-23(28)25-19-7-2-3-8-20(19)29-21/h2-8,13,18,21H,9-12,14-15H2,1H3,(H,24,27)(H,25,28). The van der Waals surface area contributed by atoms with E-state index in [4.69, 9.17) is 0 Å². The highest BCUT2D eigenvalue weighted by molar-refractivity contribution is 8.01. The van der Waals surface area contributed by atoms with Crippen molar-refractivity contribution in [1.29, 1.82) is 0 Å². The predicted octanol–water partition coefficient (Wildman–Crippen LogP) is 3.58. The normalized spacial score (nSPS) is 20.0. The zero-order chi connectivity index (χ0) is 20.2. The van der Waals surface area contributed by atoms with Crippen LogP contribution >= 0.6 is 11.8 Å². The summed E-state index contributed by atoms with van der Waals surface area (Å²) >= 11 is 1.48. The molecule has 1 fully saturated rings. The third kappa shape index (κ3) is 5.19. The topological polar surface area (TPSA) is 61.4 Å². The minimum atomic E-state index is -0.369. The van der Waals surface area contributed by atoms with Gasteiger partial charge in [-0.25, -0.2) is 0 Å². The summed E-state index contributed by atoms with van der Waals surface area (Å²) in [6, 6.07) is 16.5. The molecule has 2 aromatic rings. The number of piperidine rings is 1. The van der Waals surface area contributed by atoms with Crippen molar-refractivity contribution in [2.75, 3.05) is 18.4 Å². The van der Waals surface area contributed by atoms with Crippen molar-refractivity contribution in [3.8, 4) is 0 Å². The lowest BCUT2D eigenvalue weighted by atomic mass is 10.0. The van der Waals surface area contributed by atoms with Crippen LogP contribution in [0.2, 0.25) is 0 Å². The number of nitrogens with zero attached hydrogens (tertiary/aromatic N) is 1. The molecular weight excluding hydrogens is 382 g/mol. The van der Waals surface area contributed by atoms with Crippen molar-refractivity contribution < 1.29 is 9.59 Å². The molecule has 0 aliphatic carbocycles. The van der Waals surface area contributed by atoms with Gasteiger partial charge in [-0.1, -0.05) is 42.0 Å². The van der Waals surface area contributed by atoms with Gasteiger partial charge in [-0.2, -0.15) is 0 Å². The fraction of sp³-hybridized carbons (Fsp3) is 0.391. The van der Waals surface area contributed by atoms with Crippen molar-refractivity contribution in [3.05, 3.63) is 59.7 Å². The fourth-order valence-corrected chi connectivity index (χ4v) is 5.10. The molecule has 2 aliphatic heterocycles. The molecule has 2 heterocycles. The van der Waals surface area contributed by atoms with Crippen LogP contribution in [0, 0.1) is 6.92 Å². The zero-order valence-electron chi connectivity index (χ0n) is 16.7. The van der Waals surface area contributed by atoms with Gasteiger partial charge in [-0.15, -0.1) is 11.8 Å². The van der Waals surface area contributed by atoms with Crippen molar-refractivity contribution in [1.82, 2.24) is 10.2 Å². The van der Waals surface area contributed by atoms with Gasteiger partial charge in [0.1, 0.15) is 0 Å². The van der Waals surface area contributed by atoms with E-state index in [9.17, 15) is 9.59 Å². The number of carbonyl (C=O) groups is 2. The molecule has 5 nitrogen and oxygen atoms in total. The van der Waals surface area contributed by atoms with Gasteiger partial charge in [-0.3, -0.25) is 14.5 Å². The number of amides is 2. The van der Waals surface area contributed by atoms with E-state index in [1.54, 1.807) is 0 Å². The van der Waals surface area contributed by atoms with E-state index in [0.717, 1.165) is 43.1 Å². The molecule has 1 atom stereocenters. The second kappa shape index (κ2) is 9.01. The minimum Gasteiger partial charge on any atom is -0.353 e. The number of thioether (sulfide) groups is 1. The van der Waals surface area contributed by atoms with Gasteiger partial charge in [-0.05, 0) is 37.5 Å². The molecule has 4 rings (SSSR count). The number of para-hydroxylation sites is 1. The Balaban J connectivity index is 1.23. The number of fused-ring (bicyclic) bond motifs is 1. The minimum absolute atomic E-state index is 0.0332. The van der Waals surface area contributed by atoms with E-state index in [0.29, 0.717) is 0 Å². The highest BCUT2D eigenvalue weighted by Gasteiger charge is 2.30. The molecule has 0 bridgehead atoms. The number of hydrogen-bond acceptors (Lipinski definition) is 4. The van der Waals surface area contributed by atoms with Crippen molar-refractivity contribution in [2.24, 2.45) is 0 Å². The van der Waals surface area contributed by atoms with Gasteiger partial charge < -0.3 is 10.6 Å². The van der Waals surface area contributed by atoms with Crippen LogP contribution in [0.5, 0.6) is 0 Å². The smallest absolute Gasteiger partial charge is 0.238 e. The molecule has 0 aromatic heterocycles. The van der Waals surface area contributed by atoms with Gasteiger partial charge in [0.25, 0.3) is 0 Å². The Morgan fingerprint density at radius 1 is 1.17 bits per heavy atom. The van der Waals surface area contributed by atoms with E-state index in [-0.39, 0.29) is 29.5 Å². The largest absolute Gasteiger partial charge is 0.353 e. The van der Waals surface area contributed by atoms with Crippen LogP contribution in [0.1, 0.15) is 30.4 Å². The van der Waals surface area contributed by atoms with Gasteiger partial charge in [0.2, 0.25) is 11.8 Å². The average molecular weight is 410 g/mol. The Hall–Kier alpha value is -2.31. The van der Waals surface area contributed by atoms with Gasteiger partial charge in [0.15, 0.2) is 0 Å². The Morgan fingerprint density at radius 3 is 2.76 bits per heavy atom. The average Bonchev–Trinajstić information content (AvgIpc) is 2.70. The molecule has 1 unspecified atom stereocenters. The summed E-state index contributed by atoms with van der Waals surface area (Å²) < 4.78 is 0. The van der Waals surface area contributed by atoms with Crippen LogP contribution in [-0.4, -0.2) is 41.1 Å². The van der Waals surface area contributed by atoms with E-state index in [2.05, 4.69) is 46.7 Å². The molecule has 152 valence electrons. The lowest BCUT2D eigenvalue weighted by molar-refractivity contribution is -0.124. The summed E-state index contributed by atoms with van der Waals surface area (Å²) in [6.45, 7) is 5.03. The lowest BCUT2D eigenvalue weighted by Crippen LogP contribution is -2.45. The Morgan fingerprint density at radius 2 is 1.97 bits per heavy atom. The summed E-state index contributed by atoms with van der Waals surface area (Å²) in [7, 11) is 0. The first-order valence-corrected chi connectivity index (χ1v) is 11.1. The van der Waals surface area contributed by atoms with Crippen molar-refractivity contribution in [3.63, 3.8) is 0 Å².